The van der Waals surface area contributed by atoms with Crippen LogP contribution in [-0.4, -0.2) is 43.7 Å². The van der Waals surface area contributed by atoms with Crippen molar-refractivity contribution in [2.75, 3.05) is 23.3 Å². The fourth-order valence-corrected chi connectivity index (χ4v) is 5.48. The maximum atomic E-state index is 13.1. The molecule has 35 heavy (non-hydrogen) atoms. The molecule has 0 saturated carbocycles. The Labute approximate surface area is 205 Å². The monoisotopic (exact) mass is 491 g/mol. The summed E-state index contributed by atoms with van der Waals surface area (Å²) in [5, 5.41) is 19.5. The zero-order valence-corrected chi connectivity index (χ0v) is 20.5. The molecular weight excluding hydrogens is 466 g/mol. The molecule has 1 aliphatic rings. The van der Waals surface area contributed by atoms with Gasteiger partial charge in [0.1, 0.15) is 22.8 Å². The summed E-state index contributed by atoms with van der Waals surface area (Å²) < 4.78 is 1.60. The third-order valence-electron chi connectivity index (χ3n) is 6.50. The zero-order chi connectivity index (χ0) is 24.7. The largest absolute Gasteiger partial charge is 0.356 e. The lowest BCUT2D eigenvalue weighted by Gasteiger charge is -2.32. The molecule has 0 bridgehead atoms. The Morgan fingerprint density at radius 2 is 1.86 bits per heavy atom. The third kappa shape index (κ3) is 4.34. The number of nitro groups is 1. The number of hydrogen-bond acceptors (Lipinski definition) is 8. The van der Waals surface area contributed by atoms with Crippen LogP contribution in [0.25, 0.3) is 15.9 Å². The van der Waals surface area contributed by atoms with Crippen molar-refractivity contribution in [3.63, 3.8) is 0 Å². The third-order valence-corrected chi connectivity index (χ3v) is 7.61. The molecule has 1 N–H and O–H groups in total. The highest BCUT2D eigenvalue weighted by atomic mass is 32.1. The van der Waals surface area contributed by atoms with Gasteiger partial charge in [0.05, 0.1) is 21.7 Å². The summed E-state index contributed by atoms with van der Waals surface area (Å²) >= 11 is 1.68. The number of nitrogens with zero attached hydrogens (tertiary/aromatic N) is 6. The van der Waals surface area contributed by atoms with Crippen LogP contribution in [0.3, 0.4) is 0 Å². The molecule has 180 valence electrons. The van der Waals surface area contributed by atoms with Crippen molar-refractivity contribution >= 4 is 44.8 Å². The lowest BCUT2D eigenvalue weighted by atomic mass is 9.95. The topological polar surface area (TPSA) is 119 Å². The standard InChI is InChI=1S/C24H25N7O3S/c1-14-12-20(30(28-14)18-4-6-19(7-5-18)31(33)34)27-23(32)17-8-10-29(11-9-17)22-21-15(2)16(3)35-24(21)26-13-25-22/h4-7,12-13,17H,8-11H2,1-3H3,(H,27,32). The van der Waals surface area contributed by atoms with E-state index in [1.807, 2.05) is 6.92 Å². The molecule has 0 spiro atoms. The van der Waals surface area contributed by atoms with Crippen molar-refractivity contribution in [2.45, 2.75) is 33.6 Å². The second kappa shape index (κ2) is 9.06. The van der Waals surface area contributed by atoms with Crippen LogP contribution in [0, 0.1) is 36.8 Å². The summed E-state index contributed by atoms with van der Waals surface area (Å²) in [4.78, 5) is 37.1. The molecule has 4 aromatic rings. The maximum absolute atomic E-state index is 13.1. The van der Waals surface area contributed by atoms with Gasteiger partial charge in [0.2, 0.25) is 5.91 Å². The molecule has 1 fully saturated rings. The molecule has 0 atom stereocenters. The van der Waals surface area contributed by atoms with Crippen LogP contribution in [0.4, 0.5) is 17.3 Å². The molecule has 11 heteroatoms. The lowest BCUT2D eigenvalue weighted by Crippen LogP contribution is -2.38. The highest BCUT2D eigenvalue weighted by Crippen LogP contribution is 2.35. The molecule has 3 aromatic heterocycles. The molecule has 0 unspecified atom stereocenters. The summed E-state index contributed by atoms with van der Waals surface area (Å²) in [7, 11) is 0. The number of carbonyl (C=O) groups excluding carboxylic acids is 1. The highest BCUT2D eigenvalue weighted by molar-refractivity contribution is 7.18. The van der Waals surface area contributed by atoms with Gasteiger partial charge in [-0.2, -0.15) is 5.10 Å². The number of nitro benzene ring substituents is 1. The van der Waals surface area contributed by atoms with Gasteiger partial charge < -0.3 is 10.2 Å². The minimum absolute atomic E-state index is 0.00347. The number of amides is 1. The lowest BCUT2D eigenvalue weighted by molar-refractivity contribution is -0.384. The number of piperidine rings is 1. The van der Waals surface area contributed by atoms with Gasteiger partial charge in [-0.3, -0.25) is 14.9 Å². The van der Waals surface area contributed by atoms with Crippen molar-refractivity contribution in [3.05, 3.63) is 62.9 Å². The summed E-state index contributed by atoms with van der Waals surface area (Å²) in [5.41, 5.74) is 2.60. The Kier molecular flexibility index (Phi) is 5.93. The van der Waals surface area contributed by atoms with Crippen LogP contribution < -0.4 is 10.2 Å². The number of nitrogens with one attached hydrogen (secondary N) is 1. The van der Waals surface area contributed by atoms with Gasteiger partial charge in [-0.25, -0.2) is 14.6 Å². The first-order chi connectivity index (χ1) is 16.8. The average molecular weight is 492 g/mol. The molecule has 0 aliphatic carbocycles. The zero-order valence-electron chi connectivity index (χ0n) is 19.7. The van der Waals surface area contributed by atoms with E-state index in [1.54, 1.807) is 40.5 Å². The first-order valence-corrected chi connectivity index (χ1v) is 12.2. The van der Waals surface area contributed by atoms with E-state index in [0.29, 0.717) is 24.3 Å². The second-order valence-corrected chi connectivity index (χ2v) is 9.97. The van der Waals surface area contributed by atoms with Crippen molar-refractivity contribution in [1.82, 2.24) is 19.7 Å². The van der Waals surface area contributed by atoms with E-state index in [9.17, 15) is 14.9 Å². The van der Waals surface area contributed by atoms with Crippen LogP contribution in [0.5, 0.6) is 0 Å². The number of fused-ring (bicyclic) bond motifs is 1. The quantitative estimate of drug-likeness (QED) is 0.321. The van der Waals surface area contributed by atoms with Crippen molar-refractivity contribution in [3.8, 4) is 5.69 Å². The van der Waals surface area contributed by atoms with Gasteiger partial charge in [0.15, 0.2) is 0 Å². The van der Waals surface area contributed by atoms with E-state index >= 15 is 0 Å². The number of rotatable bonds is 5. The minimum Gasteiger partial charge on any atom is -0.356 e. The van der Waals surface area contributed by atoms with E-state index in [1.165, 1.54) is 22.6 Å². The summed E-state index contributed by atoms with van der Waals surface area (Å²) in [6.45, 7) is 7.52. The van der Waals surface area contributed by atoms with Gasteiger partial charge in [-0.1, -0.05) is 0 Å². The van der Waals surface area contributed by atoms with Gasteiger partial charge in [-0.15, -0.1) is 11.3 Å². The number of benzene rings is 1. The second-order valence-electron chi connectivity index (χ2n) is 8.77. The van der Waals surface area contributed by atoms with Gasteiger partial charge in [-0.05, 0) is 51.3 Å². The fourth-order valence-electron chi connectivity index (χ4n) is 4.49. The number of carbonyl (C=O) groups is 1. The SMILES string of the molecule is Cc1cc(NC(=O)C2CCN(c3ncnc4sc(C)c(C)c34)CC2)n(-c2ccc([N+](=O)[O-])cc2)n1. The molecule has 4 heterocycles. The highest BCUT2D eigenvalue weighted by Gasteiger charge is 2.28. The summed E-state index contributed by atoms with van der Waals surface area (Å²) in [6, 6.07) is 7.89. The van der Waals surface area contributed by atoms with Crippen LogP contribution >= 0.6 is 11.3 Å². The Balaban J connectivity index is 1.29. The fraction of sp³-hybridized carbons (Fsp3) is 0.333. The van der Waals surface area contributed by atoms with Crippen molar-refractivity contribution in [2.24, 2.45) is 5.92 Å². The van der Waals surface area contributed by atoms with E-state index < -0.39 is 4.92 Å². The number of hydrogen-bond donors (Lipinski definition) is 1. The van der Waals surface area contributed by atoms with E-state index in [0.717, 1.165) is 34.8 Å². The van der Waals surface area contributed by atoms with Crippen LogP contribution in [-0.2, 0) is 4.79 Å². The van der Waals surface area contributed by atoms with Gasteiger partial charge in [0.25, 0.3) is 5.69 Å². The molecular formula is C24H25N7O3S. The van der Waals surface area contributed by atoms with Gasteiger partial charge >= 0.3 is 0 Å². The molecule has 10 nitrogen and oxygen atoms in total. The number of aryl methyl sites for hydroxylation is 3. The maximum Gasteiger partial charge on any atom is 0.269 e. The Hall–Kier alpha value is -3.86. The van der Waals surface area contributed by atoms with E-state index in [-0.39, 0.29) is 17.5 Å². The Morgan fingerprint density at radius 1 is 1.14 bits per heavy atom. The summed E-state index contributed by atoms with van der Waals surface area (Å²) in [5.74, 6) is 1.31. The van der Waals surface area contributed by atoms with E-state index in [4.69, 9.17) is 0 Å². The van der Waals surface area contributed by atoms with Gasteiger partial charge in [0, 0.05) is 42.1 Å². The van der Waals surface area contributed by atoms with E-state index in [2.05, 4.69) is 39.1 Å². The minimum atomic E-state index is -0.444. The van der Waals surface area contributed by atoms with Crippen LogP contribution in [0.2, 0.25) is 0 Å². The smallest absolute Gasteiger partial charge is 0.269 e. The predicted molar refractivity (Wildman–Crippen MR) is 135 cm³/mol. The molecule has 1 aliphatic heterocycles. The van der Waals surface area contributed by atoms with Crippen molar-refractivity contribution < 1.29 is 9.72 Å². The number of aromatic nitrogens is 4. The summed E-state index contributed by atoms with van der Waals surface area (Å²) in [6.07, 6.45) is 3.04. The van der Waals surface area contributed by atoms with Crippen molar-refractivity contribution in [1.29, 1.82) is 0 Å². The Bertz CT molecular complexity index is 1420. The number of non-ortho nitro benzene ring substituents is 1. The Morgan fingerprint density at radius 3 is 2.54 bits per heavy atom. The molecule has 5 rings (SSSR count). The van der Waals surface area contributed by atoms with Crippen LogP contribution in [0.15, 0.2) is 36.7 Å². The molecule has 0 radical (unpaired) electrons. The first kappa shape index (κ1) is 22.9. The number of thiophene rings is 1. The predicted octanol–water partition coefficient (Wildman–Crippen LogP) is 4.57. The van der Waals surface area contributed by atoms with Crippen LogP contribution in [0.1, 0.15) is 29.0 Å². The number of anilines is 2. The molecule has 1 saturated heterocycles. The molecule has 1 amide bonds. The first-order valence-electron chi connectivity index (χ1n) is 11.4. The molecule has 1 aromatic carbocycles. The normalized spacial score (nSPS) is 14.4. The average Bonchev–Trinajstić information content (AvgIpc) is 3.37.